The smallest absolute Gasteiger partial charge is 0.190 e. The number of fused-ring (bicyclic) bond motifs is 2. The first-order valence-electron chi connectivity index (χ1n) is 14.9. The lowest BCUT2D eigenvalue weighted by Crippen LogP contribution is -2.35. The molecule has 9 heteroatoms. The van der Waals surface area contributed by atoms with Crippen molar-refractivity contribution >= 4 is 70.8 Å². The maximum absolute atomic E-state index is 11.4. The van der Waals surface area contributed by atoms with E-state index in [-0.39, 0.29) is 5.79 Å². The third kappa shape index (κ3) is 5.81. The number of halogens is 2. The lowest BCUT2D eigenvalue weighted by Gasteiger charge is -2.36. The topological polar surface area (TPSA) is 54.1 Å². The molecule has 1 spiro atoms. The molecule has 0 bridgehead atoms. The zero-order chi connectivity index (χ0) is 30.3. The second kappa shape index (κ2) is 12.2. The summed E-state index contributed by atoms with van der Waals surface area (Å²) in [7, 11) is 0. The molecule has 4 aromatic rings. The Kier molecular flexibility index (Phi) is 8.54. The summed E-state index contributed by atoms with van der Waals surface area (Å²) in [5, 5.41) is 2.20. The van der Waals surface area contributed by atoms with Crippen LogP contribution in [0.3, 0.4) is 0 Å². The maximum atomic E-state index is 11.4. The van der Waals surface area contributed by atoms with E-state index in [1.54, 1.807) is 0 Å². The number of hydrogen-bond acceptors (Lipinski definition) is 3. The Hall–Kier alpha value is -2.95. The van der Waals surface area contributed by atoms with Gasteiger partial charge < -0.3 is 18.6 Å². The quantitative estimate of drug-likeness (QED) is 0.195. The molecule has 0 unspecified atom stereocenters. The molecular weight excluding hydrogens is 672 g/mol. The molecule has 1 aliphatic heterocycles. The van der Waals surface area contributed by atoms with E-state index >= 15 is 0 Å². The van der Waals surface area contributed by atoms with Crippen LogP contribution in [0.5, 0.6) is 0 Å². The minimum Gasteiger partial charge on any atom is -0.348 e. The van der Waals surface area contributed by atoms with Crippen LogP contribution in [-0.2, 0) is 14.3 Å². The van der Waals surface area contributed by atoms with Gasteiger partial charge in [-0.05, 0) is 107 Å². The van der Waals surface area contributed by atoms with Crippen molar-refractivity contribution in [1.29, 1.82) is 0 Å². The molecule has 0 N–H and O–H groups in total. The summed E-state index contributed by atoms with van der Waals surface area (Å²) < 4.78 is 18.4. The molecule has 43 heavy (non-hydrogen) atoms. The van der Waals surface area contributed by atoms with Gasteiger partial charge in [0.25, 0.3) is 0 Å². The van der Waals surface area contributed by atoms with E-state index in [4.69, 9.17) is 22.6 Å². The highest BCUT2D eigenvalue weighted by Crippen LogP contribution is 2.43. The summed E-state index contributed by atoms with van der Waals surface area (Å²) >= 11 is 7.25. The Morgan fingerprint density at radius 3 is 1.65 bits per heavy atom. The molecule has 0 amide bonds. The van der Waals surface area contributed by atoms with Crippen LogP contribution < -0.4 is 0 Å². The standard InChI is InChI=1S/C18H19BrN2O2.C16H15BrN2O/c1-12-9-17-14(10-16(12)20-2)15(19)11-21(17)13-3-5-18(6-4-13)22-7-8-23-18;1-10-7-16-13(8-15(10)18-2)14(17)9-19(16)11-3-5-12(20)6-4-11/h9-11,13H,3-8H2,1H3;7-9,11H,3-6H2,1H3. The van der Waals surface area contributed by atoms with Crippen LogP contribution in [0.15, 0.2) is 45.6 Å². The summed E-state index contributed by atoms with van der Waals surface area (Å²) in [4.78, 5) is 18.6. The van der Waals surface area contributed by atoms with Gasteiger partial charge in [0.15, 0.2) is 17.2 Å². The summed E-state index contributed by atoms with van der Waals surface area (Å²) in [5.41, 5.74) is 5.83. The molecule has 7 rings (SSSR count). The van der Waals surface area contributed by atoms with Crippen LogP contribution in [0.4, 0.5) is 11.4 Å². The fourth-order valence-electron chi connectivity index (χ4n) is 6.85. The molecule has 0 radical (unpaired) electrons. The number of Topliss-reactive ketones (excluding diaryl/α,β-unsaturated/α-hetero) is 1. The van der Waals surface area contributed by atoms with Crippen LogP contribution in [0.25, 0.3) is 31.5 Å². The Morgan fingerprint density at radius 1 is 0.767 bits per heavy atom. The zero-order valence-electron chi connectivity index (χ0n) is 24.5. The molecule has 2 saturated carbocycles. The lowest BCUT2D eigenvalue weighted by molar-refractivity contribution is -0.181. The highest BCUT2D eigenvalue weighted by atomic mass is 79.9. The number of ketones is 1. The van der Waals surface area contributed by atoms with Crippen molar-refractivity contribution in [3.8, 4) is 0 Å². The Morgan fingerprint density at radius 2 is 1.21 bits per heavy atom. The molecule has 7 nitrogen and oxygen atoms in total. The van der Waals surface area contributed by atoms with Gasteiger partial charge >= 0.3 is 0 Å². The van der Waals surface area contributed by atoms with Gasteiger partial charge in [-0.15, -0.1) is 0 Å². The zero-order valence-corrected chi connectivity index (χ0v) is 27.6. The average Bonchev–Trinajstić information content (AvgIpc) is 3.69. The van der Waals surface area contributed by atoms with Crippen molar-refractivity contribution in [3.05, 3.63) is 79.6 Å². The van der Waals surface area contributed by atoms with E-state index in [1.807, 2.05) is 26.0 Å². The summed E-state index contributed by atoms with van der Waals surface area (Å²) in [6.45, 7) is 20.0. The number of nitrogens with zero attached hydrogens (tertiary/aromatic N) is 4. The van der Waals surface area contributed by atoms with E-state index in [0.29, 0.717) is 36.4 Å². The minimum absolute atomic E-state index is 0.316. The normalized spacial score (nSPS) is 19.0. The Balaban J connectivity index is 0.000000155. The number of carbonyl (C=O) groups excluding carboxylic acids is 1. The molecule has 2 aromatic heterocycles. The second-order valence-electron chi connectivity index (χ2n) is 11.9. The van der Waals surface area contributed by atoms with E-state index in [0.717, 1.165) is 93.8 Å². The molecule has 3 heterocycles. The van der Waals surface area contributed by atoms with Gasteiger partial charge in [-0.2, -0.15) is 0 Å². The van der Waals surface area contributed by atoms with Gasteiger partial charge in [0.05, 0.1) is 26.4 Å². The molecular formula is C34H34Br2N4O3. The van der Waals surface area contributed by atoms with E-state index in [2.05, 4.69) is 75.2 Å². The Labute approximate surface area is 269 Å². The molecule has 1 saturated heterocycles. The fourth-order valence-corrected chi connectivity index (χ4v) is 7.93. The molecule has 2 aliphatic carbocycles. The van der Waals surface area contributed by atoms with Crippen molar-refractivity contribution in [2.75, 3.05) is 13.2 Å². The third-order valence-corrected chi connectivity index (χ3v) is 10.5. The van der Waals surface area contributed by atoms with Crippen LogP contribution in [-0.4, -0.2) is 33.9 Å². The minimum atomic E-state index is -0.316. The fraction of sp³-hybridized carbons (Fsp3) is 0.441. The Bertz CT molecular complexity index is 1780. The number of benzene rings is 2. The molecule has 222 valence electrons. The third-order valence-electron chi connectivity index (χ3n) is 9.28. The highest BCUT2D eigenvalue weighted by molar-refractivity contribution is 9.11. The van der Waals surface area contributed by atoms with Gasteiger partial charge in [0, 0.05) is 80.9 Å². The summed E-state index contributed by atoms with van der Waals surface area (Å²) in [5.74, 6) is 0.0624. The van der Waals surface area contributed by atoms with Crippen molar-refractivity contribution in [2.24, 2.45) is 0 Å². The van der Waals surface area contributed by atoms with Gasteiger partial charge in [-0.3, -0.25) is 4.79 Å². The van der Waals surface area contributed by atoms with Crippen molar-refractivity contribution < 1.29 is 14.3 Å². The number of rotatable bonds is 2. The largest absolute Gasteiger partial charge is 0.348 e. The van der Waals surface area contributed by atoms with Gasteiger partial charge in [-0.1, -0.05) is 0 Å². The van der Waals surface area contributed by atoms with E-state index < -0.39 is 0 Å². The first-order valence-corrected chi connectivity index (χ1v) is 16.5. The van der Waals surface area contributed by atoms with Gasteiger partial charge in [0.1, 0.15) is 5.78 Å². The number of aryl methyl sites for hydroxylation is 2. The lowest BCUT2D eigenvalue weighted by atomic mass is 9.90. The van der Waals surface area contributed by atoms with Gasteiger partial charge in [-0.25, -0.2) is 9.69 Å². The summed E-state index contributed by atoms with van der Waals surface area (Å²) in [6.07, 6.45) is 11.5. The average molecular weight is 706 g/mol. The number of carbonyl (C=O) groups is 1. The summed E-state index contributed by atoms with van der Waals surface area (Å²) in [6, 6.07) is 9.02. The highest BCUT2D eigenvalue weighted by Gasteiger charge is 2.40. The molecule has 2 aromatic carbocycles. The van der Waals surface area contributed by atoms with Crippen LogP contribution in [0.2, 0.25) is 0 Å². The van der Waals surface area contributed by atoms with Crippen molar-refractivity contribution in [3.63, 3.8) is 0 Å². The number of ether oxygens (including phenoxy) is 2. The van der Waals surface area contributed by atoms with Crippen LogP contribution in [0.1, 0.15) is 74.6 Å². The maximum Gasteiger partial charge on any atom is 0.190 e. The number of hydrogen-bond donors (Lipinski definition) is 0. The predicted octanol–water partition coefficient (Wildman–Crippen LogP) is 10.1. The van der Waals surface area contributed by atoms with Crippen LogP contribution in [0, 0.1) is 27.0 Å². The van der Waals surface area contributed by atoms with Gasteiger partial charge in [0.2, 0.25) is 0 Å². The molecule has 3 aliphatic rings. The van der Waals surface area contributed by atoms with Crippen LogP contribution >= 0.6 is 31.9 Å². The second-order valence-corrected chi connectivity index (χ2v) is 13.6. The first-order chi connectivity index (χ1) is 20.7. The molecule has 3 fully saturated rings. The monoisotopic (exact) mass is 704 g/mol. The first kappa shape index (κ1) is 30.1. The van der Waals surface area contributed by atoms with Crippen molar-refractivity contribution in [2.45, 2.75) is 83.1 Å². The number of aromatic nitrogens is 2. The molecule has 0 atom stereocenters. The van der Waals surface area contributed by atoms with Crippen molar-refractivity contribution in [1.82, 2.24) is 9.13 Å². The van der Waals surface area contributed by atoms with E-state index in [1.165, 1.54) is 5.52 Å². The van der Waals surface area contributed by atoms with E-state index in [9.17, 15) is 4.79 Å². The SMILES string of the molecule is [C-]#[N+]c1cc2c(Br)cn(C3CCC(=O)CC3)c2cc1C.[C-]#[N+]c1cc2c(Br)cn(C3CCC4(CC3)OCCO4)c2cc1C. The predicted molar refractivity (Wildman–Crippen MR) is 176 cm³/mol.